The Hall–Kier alpha value is -3.72. The maximum Gasteiger partial charge on any atom is 0.360 e. The molecular formula is C24H30BrN7O7. The van der Waals surface area contributed by atoms with Gasteiger partial charge in [-0.3, -0.25) is 19.2 Å². The molecule has 14 nitrogen and oxygen atoms in total. The fourth-order valence-corrected chi connectivity index (χ4v) is 4.22. The van der Waals surface area contributed by atoms with Gasteiger partial charge in [0.2, 0.25) is 5.91 Å². The van der Waals surface area contributed by atoms with Crippen molar-refractivity contribution in [2.24, 2.45) is 12.5 Å². The zero-order valence-electron chi connectivity index (χ0n) is 22.1. The van der Waals surface area contributed by atoms with Crippen LogP contribution in [0, 0.1) is 5.41 Å². The van der Waals surface area contributed by atoms with E-state index in [1.165, 1.54) is 12.5 Å². The van der Waals surface area contributed by atoms with Crippen LogP contribution < -0.4 is 15.1 Å². The van der Waals surface area contributed by atoms with Crippen LogP contribution in [0.15, 0.2) is 32.4 Å². The van der Waals surface area contributed by atoms with E-state index >= 15 is 0 Å². The fourth-order valence-electron chi connectivity index (χ4n) is 3.94. The second kappa shape index (κ2) is 12.0. The van der Waals surface area contributed by atoms with Gasteiger partial charge in [-0.25, -0.2) is 4.79 Å². The molecule has 0 spiro atoms. The lowest BCUT2D eigenvalue weighted by atomic mass is 9.92. The number of morpholine rings is 1. The maximum atomic E-state index is 12.7. The molecule has 0 saturated carbocycles. The minimum atomic E-state index is -0.470. The summed E-state index contributed by atoms with van der Waals surface area (Å²) in [5.41, 5.74) is 0.385. The number of ether oxygens (including phenoxy) is 2. The van der Waals surface area contributed by atoms with Crippen molar-refractivity contribution in [2.45, 2.75) is 27.2 Å². The number of aryl methyl sites for hydroxylation is 1. The Balaban J connectivity index is 0.000000270. The van der Waals surface area contributed by atoms with E-state index < -0.39 is 17.3 Å². The molecule has 39 heavy (non-hydrogen) atoms. The average molecular weight is 608 g/mol. The number of rotatable bonds is 6. The topological polar surface area (TPSA) is 158 Å². The van der Waals surface area contributed by atoms with Gasteiger partial charge in [-0.15, -0.1) is 0 Å². The van der Waals surface area contributed by atoms with Crippen molar-refractivity contribution in [3.8, 4) is 0 Å². The van der Waals surface area contributed by atoms with Gasteiger partial charge in [0.05, 0.1) is 26.0 Å². The summed E-state index contributed by atoms with van der Waals surface area (Å²) < 4.78 is 21.7. The van der Waals surface area contributed by atoms with E-state index in [2.05, 4.69) is 41.1 Å². The van der Waals surface area contributed by atoms with E-state index in [1.54, 1.807) is 29.7 Å². The molecule has 2 amide bonds. The number of hydrogen-bond donors (Lipinski definition) is 1. The first kappa shape index (κ1) is 28.3. The van der Waals surface area contributed by atoms with Crippen LogP contribution in [0.2, 0.25) is 0 Å². The van der Waals surface area contributed by atoms with Gasteiger partial charge in [0.15, 0.2) is 17.2 Å². The zero-order valence-corrected chi connectivity index (χ0v) is 23.7. The van der Waals surface area contributed by atoms with E-state index in [0.717, 1.165) is 6.42 Å². The van der Waals surface area contributed by atoms with Crippen molar-refractivity contribution in [3.05, 3.63) is 34.9 Å². The number of carbonyl (C=O) groups is 3. The number of carbonyl (C=O) groups excluding carboxylic acids is 3. The van der Waals surface area contributed by atoms with Crippen molar-refractivity contribution in [2.75, 3.05) is 54.6 Å². The molecule has 0 radical (unpaired) electrons. The lowest BCUT2D eigenvalue weighted by molar-refractivity contribution is -0.124. The van der Waals surface area contributed by atoms with Gasteiger partial charge >= 0.3 is 5.97 Å². The number of anilines is 3. The van der Waals surface area contributed by atoms with Crippen LogP contribution in [0.3, 0.4) is 0 Å². The molecule has 2 saturated heterocycles. The SMILES string of the molecule is CCOC(=O)c1coc(Br)n1.Cn1cc(NC(=O)c2coc(N3CCOCC3)n2)c(N2CCC(C)(C)C2=O)n1. The molecule has 0 aromatic carbocycles. The van der Waals surface area contributed by atoms with E-state index in [9.17, 15) is 14.4 Å². The number of hydrogen-bond acceptors (Lipinski definition) is 11. The molecule has 0 aliphatic carbocycles. The van der Waals surface area contributed by atoms with Crippen molar-refractivity contribution in [3.63, 3.8) is 0 Å². The molecule has 5 rings (SSSR count). The van der Waals surface area contributed by atoms with Gasteiger partial charge in [0.1, 0.15) is 18.2 Å². The van der Waals surface area contributed by atoms with Gasteiger partial charge in [0.25, 0.3) is 16.7 Å². The summed E-state index contributed by atoms with van der Waals surface area (Å²) in [6.07, 6.45) is 4.99. The Morgan fingerprint density at radius 2 is 1.85 bits per heavy atom. The summed E-state index contributed by atoms with van der Waals surface area (Å²) in [6.45, 7) is 9.00. The highest BCUT2D eigenvalue weighted by Crippen LogP contribution is 2.36. The first-order valence-corrected chi connectivity index (χ1v) is 13.1. The van der Waals surface area contributed by atoms with Crippen molar-refractivity contribution in [1.82, 2.24) is 19.7 Å². The van der Waals surface area contributed by atoms with Crippen LogP contribution in [-0.2, 0) is 21.3 Å². The third-order valence-corrected chi connectivity index (χ3v) is 6.43. The molecule has 0 bridgehead atoms. The molecule has 1 N–H and O–H groups in total. The number of nitrogens with zero attached hydrogens (tertiary/aromatic N) is 6. The molecule has 0 atom stereocenters. The number of oxazole rings is 2. The third-order valence-electron chi connectivity index (χ3n) is 6.06. The predicted molar refractivity (Wildman–Crippen MR) is 142 cm³/mol. The van der Waals surface area contributed by atoms with Gasteiger partial charge < -0.3 is 28.5 Å². The Bertz CT molecular complexity index is 1330. The predicted octanol–water partition coefficient (Wildman–Crippen LogP) is 2.87. The smallest absolute Gasteiger partial charge is 0.360 e. The summed E-state index contributed by atoms with van der Waals surface area (Å²) in [4.78, 5) is 48.0. The quantitative estimate of drug-likeness (QED) is 0.410. The highest BCUT2D eigenvalue weighted by molar-refractivity contribution is 9.10. The largest absolute Gasteiger partial charge is 0.461 e. The molecule has 15 heteroatoms. The number of halogens is 1. The molecule has 2 fully saturated rings. The molecule has 3 aromatic rings. The van der Waals surface area contributed by atoms with E-state index in [-0.39, 0.29) is 22.1 Å². The van der Waals surface area contributed by atoms with Crippen molar-refractivity contribution < 1.29 is 32.7 Å². The summed E-state index contributed by atoms with van der Waals surface area (Å²) in [5.74, 6) is -0.438. The van der Waals surface area contributed by atoms with Crippen LogP contribution in [0.25, 0.3) is 0 Å². The second-order valence-corrected chi connectivity index (χ2v) is 10.1. The van der Waals surface area contributed by atoms with E-state index in [4.69, 9.17) is 13.6 Å². The van der Waals surface area contributed by atoms with Crippen molar-refractivity contribution in [1.29, 1.82) is 0 Å². The average Bonchev–Trinajstić information content (AvgIpc) is 3.69. The zero-order chi connectivity index (χ0) is 28.2. The molecular weight excluding hydrogens is 578 g/mol. The van der Waals surface area contributed by atoms with Crippen LogP contribution >= 0.6 is 15.9 Å². The summed E-state index contributed by atoms with van der Waals surface area (Å²) >= 11 is 2.97. The minimum Gasteiger partial charge on any atom is -0.461 e. The van der Waals surface area contributed by atoms with Crippen LogP contribution in [0.4, 0.5) is 17.5 Å². The van der Waals surface area contributed by atoms with Crippen molar-refractivity contribution >= 4 is 51.2 Å². The fraction of sp³-hybridized carbons (Fsp3) is 0.500. The second-order valence-electron chi connectivity index (χ2n) is 9.41. The lowest BCUT2D eigenvalue weighted by Crippen LogP contribution is -2.36. The summed E-state index contributed by atoms with van der Waals surface area (Å²) in [7, 11) is 1.75. The normalized spacial score (nSPS) is 16.6. The Morgan fingerprint density at radius 1 is 1.13 bits per heavy atom. The van der Waals surface area contributed by atoms with Gasteiger partial charge in [-0.05, 0) is 13.3 Å². The molecule has 5 heterocycles. The molecule has 0 unspecified atom stereocenters. The number of esters is 1. The van der Waals surface area contributed by atoms with Gasteiger partial charge in [0, 0.05) is 48.0 Å². The highest BCUT2D eigenvalue weighted by Gasteiger charge is 2.41. The first-order valence-electron chi connectivity index (χ1n) is 12.3. The van der Waals surface area contributed by atoms with E-state index in [1.807, 2.05) is 18.7 Å². The number of amides is 2. The molecule has 2 aliphatic heterocycles. The Morgan fingerprint density at radius 3 is 2.46 bits per heavy atom. The summed E-state index contributed by atoms with van der Waals surface area (Å²) in [6, 6.07) is 0.399. The number of aromatic nitrogens is 4. The molecule has 2 aliphatic rings. The Labute approximate surface area is 232 Å². The van der Waals surface area contributed by atoms with Crippen LogP contribution in [-0.4, -0.2) is 77.0 Å². The maximum absolute atomic E-state index is 12.7. The minimum absolute atomic E-state index is 0.00209. The van der Waals surface area contributed by atoms with Gasteiger partial charge in [-0.2, -0.15) is 15.1 Å². The standard InChI is InChI=1S/C18H24N6O4.C6H6BrNO3/c1-18(2)4-5-24(16(18)26)14-12(10-22(3)21-14)19-15(25)13-11-28-17(20-13)23-6-8-27-9-7-23;1-2-10-5(9)4-3-11-6(7)8-4/h10-11H,4-9H2,1-3H3,(H,19,25);3H,2H2,1H3. The first-order chi connectivity index (χ1) is 18.6. The molecule has 3 aromatic heterocycles. The highest BCUT2D eigenvalue weighted by atomic mass is 79.9. The number of nitrogens with one attached hydrogen (secondary N) is 1. The summed E-state index contributed by atoms with van der Waals surface area (Å²) in [5, 5.41) is 7.18. The van der Waals surface area contributed by atoms with Gasteiger partial charge in [-0.1, -0.05) is 13.8 Å². The lowest BCUT2D eigenvalue weighted by Gasteiger charge is -2.24. The third kappa shape index (κ3) is 6.65. The van der Waals surface area contributed by atoms with Crippen LogP contribution in [0.1, 0.15) is 48.2 Å². The Kier molecular flexibility index (Phi) is 8.70. The van der Waals surface area contributed by atoms with Crippen LogP contribution in [0.5, 0.6) is 0 Å². The van der Waals surface area contributed by atoms with E-state index in [0.29, 0.717) is 57.0 Å². The molecule has 210 valence electrons. The monoisotopic (exact) mass is 607 g/mol.